The third kappa shape index (κ3) is 3.20. The molecule has 1 N–H and O–H groups in total. The average Bonchev–Trinajstić information content (AvgIpc) is 2.51. The topological polar surface area (TPSA) is 32.3 Å². The van der Waals surface area contributed by atoms with E-state index in [9.17, 15) is 4.79 Å². The molecule has 1 rings (SSSR count). The number of hydrogen-bond donors (Lipinski definition) is 1. The Labute approximate surface area is 93.2 Å². The summed E-state index contributed by atoms with van der Waals surface area (Å²) in [5.41, 5.74) is 0. The van der Waals surface area contributed by atoms with Crippen LogP contribution in [0.2, 0.25) is 0 Å². The van der Waals surface area contributed by atoms with E-state index in [1.54, 1.807) is 0 Å². The molecule has 88 valence electrons. The van der Waals surface area contributed by atoms with Crippen LogP contribution in [0.5, 0.6) is 0 Å². The van der Waals surface area contributed by atoms with Gasteiger partial charge in [0.15, 0.2) is 0 Å². The average molecular weight is 212 g/mol. The number of nitrogens with zero attached hydrogens (tertiary/aromatic N) is 1. The third-order valence-electron chi connectivity index (χ3n) is 3.43. The van der Waals surface area contributed by atoms with Gasteiger partial charge < -0.3 is 10.2 Å². The van der Waals surface area contributed by atoms with Crippen molar-refractivity contribution in [3.63, 3.8) is 0 Å². The van der Waals surface area contributed by atoms with E-state index in [2.05, 4.69) is 17.1 Å². The summed E-state index contributed by atoms with van der Waals surface area (Å²) in [6, 6.07) is 0.424. The summed E-state index contributed by atoms with van der Waals surface area (Å²) in [4.78, 5) is 14.2. The summed E-state index contributed by atoms with van der Waals surface area (Å²) in [5, 5.41) is 3.04. The minimum atomic E-state index is -0.0443. The normalized spacial score (nSPS) is 24.7. The van der Waals surface area contributed by atoms with Gasteiger partial charge in [-0.2, -0.15) is 0 Å². The summed E-state index contributed by atoms with van der Waals surface area (Å²) in [5.74, 6) is 0.270. The Bertz CT molecular complexity index is 206. The van der Waals surface area contributed by atoms with Crippen LogP contribution < -0.4 is 5.32 Å². The number of hydrogen-bond acceptors (Lipinski definition) is 2. The first-order valence-corrected chi connectivity index (χ1v) is 6.18. The SMILES string of the molecule is CCC1CCCCCN1C(=O)C(C)NC. The van der Waals surface area contributed by atoms with E-state index in [0.717, 1.165) is 13.0 Å². The highest BCUT2D eigenvalue weighted by Crippen LogP contribution is 2.19. The summed E-state index contributed by atoms with van der Waals surface area (Å²) in [6.45, 7) is 5.07. The first-order chi connectivity index (χ1) is 7.20. The van der Waals surface area contributed by atoms with Gasteiger partial charge in [0.25, 0.3) is 0 Å². The zero-order chi connectivity index (χ0) is 11.3. The zero-order valence-corrected chi connectivity index (χ0v) is 10.3. The highest BCUT2D eigenvalue weighted by Gasteiger charge is 2.26. The van der Waals surface area contributed by atoms with E-state index >= 15 is 0 Å². The van der Waals surface area contributed by atoms with Gasteiger partial charge in [-0.3, -0.25) is 4.79 Å². The Morgan fingerprint density at radius 2 is 2.20 bits per heavy atom. The van der Waals surface area contributed by atoms with E-state index in [0.29, 0.717) is 6.04 Å². The van der Waals surface area contributed by atoms with Crippen LogP contribution in [0, 0.1) is 0 Å². The van der Waals surface area contributed by atoms with E-state index < -0.39 is 0 Å². The number of likely N-dealkylation sites (N-methyl/N-ethyl adjacent to an activating group) is 1. The Kier molecular flexibility index (Phi) is 5.09. The van der Waals surface area contributed by atoms with Crippen molar-refractivity contribution >= 4 is 5.91 Å². The van der Waals surface area contributed by atoms with Gasteiger partial charge in [0, 0.05) is 12.6 Å². The molecule has 0 aromatic carbocycles. The van der Waals surface area contributed by atoms with Crippen molar-refractivity contribution in [2.24, 2.45) is 0 Å². The van der Waals surface area contributed by atoms with Gasteiger partial charge in [-0.1, -0.05) is 19.8 Å². The molecule has 2 atom stereocenters. The lowest BCUT2D eigenvalue weighted by Crippen LogP contribution is -2.48. The second-order valence-electron chi connectivity index (χ2n) is 4.45. The molecule has 0 radical (unpaired) electrons. The van der Waals surface area contributed by atoms with Gasteiger partial charge in [0.2, 0.25) is 5.91 Å². The molecule has 1 aliphatic rings. The lowest BCUT2D eigenvalue weighted by Gasteiger charge is -2.31. The molecular formula is C12H24N2O. The predicted octanol–water partition coefficient (Wildman–Crippen LogP) is 1.78. The first-order valence-electron chi connectivity index (χ1n) is 6.18. The fraction of sp³-hybridized carbons (Fsp3) is 0.917. The largest absolute Gasteiger partial charge is 0.338 e. The number of likely N-dealkylation sites (tertiary alicyclic amines) is 1. The van der Waals surface area contributed by atoms with Gasteiger partial charge in [-0.25, -0.2) is 0 Å². The van der Waals surface area contributed by atoms with E-state index in [4.69, 9.17) is 0 Å². The van der Waals surface area contributed by atoms with Crippen molar-refractivity contribution in [1.82, 2.24) is 10.2 Å². The highest BCUT2D eigenvalue weighted by atomic mass is 16.2. The summed E-state index contributed by atoms with van der Waals surface area (Å²) >= 11 is 0. The molecule has 3 heteroatoms. The van der Waals surface area contributed by atoms with Gasteiger partial charge in [-0.15, -0.1) is 0 Å². The molecule has 0 spiro atoms. The minimum absolute atomic E-state index is 0.0443. The maximum atomic E-state index is 12.1. The molecule has 1 fully saturated rings. The van der Waals surface area contributed by atoms with Gasteiger partial charge in [0.05, 0.1) is 6.04 Å². The van der Waals surface area contributed by atoms with Gasteiger partial charge in [-0.05, 0) is 33.2 Å². The first kappa shape index (κ1) is 12.5. The molecule has 0 saturated carbocycles. The number of nitrogens with one attached hydrogen (secondary N) is 1. The van der Waals surface area contributed by atoms with Crippen molar-refractivity contribution in [3.8, 4) is 0 Å². The van der Waals surface area contributed by atoms with E-state index in [-0.39, 0.29) is 11.9 Å². The van der Waals surface area contributed by atoms with Crippen LogP contribution in [0.4, 0.5) is 0 Å². The van der Waals surface area contributed by atoms with Crippen LogP contribution in [0.15, 0.2) is 0 Å². The van der Waals surface area contributed by atoms with Crippen molar-refractivity contribution < 1.29 is 4.79 Å². The minimum Gasteiger partial charge on any atom is -0.338 e. The van der Waals surface area contributed by atoms with Crippen LogP contribution in [-0.4, -0.2) is 36.5 Å². The molecule has 1 aliphatic heterocycles. The second-order valence-corrected chi connectivity index (χ2v) is 4.45. The molecule has 15 heavy (non-hydrogen) atoms. The Morgan fingerprint density at radius 1 is 1.47 bits per heavy atom. The van der Waals surface area contributed by atoms with Crippen LogP contribution in [0.3, 0.4) is 0 Å². The molecule has 0 aliphatic carbocycles. The quantitative estimate of drug-likeness (QED) is 0.773. The molecule has 2 unspecified atom stereocenters. The zero-order valence-electron chi connectivity index (χ0n) is 10.3. The fourth-order valence-electron chi connectivity index (χ4n) is 2.26. The molecule has 0 aromatic heterocycles. The lowest BCUT2D eigenvalue weighted by atomic mass is 10.1. The Morgan fingerprint density at radius 3 is 2.80 bits per heavy atom. The monoisotopic (exact) mass is 212 g/mol. The van der Waals surface area contributed by atoms with Crippen LogP contribution in [-0.2, 0) is 4.79 Å². The number of carbonyl (C=O) groups excluding carboxylic acids is 1. The highest BCUT2D eigenvalue weighted by molar-refractivity contribution is 5.81. The van der Waals surface area contributed by atoms with Gasteiger partial charge in [0.1, 0.15) is 0 Å². The lowest BCUT2D eigenvalue weighted by molar-refractivity contribution is -0.135. The van der Waals surface area contributed by atoms with E-state index in [1.807, 2.05) is 14.0 Å². The summed E-state index contributed by atoms with van der Waals surface area (Å²) in [6.07, 6.45) is 5.98. The fourth-order valence-corrected chi connectivity index (χ4v) is 2.26. The number of amides is 1. The van der Waals surface area contributed by atoms with Crippen molar-refractivity contribution in [2.75, 3.05) is 13.6 Å². The molecule has 0 bridgehead atoms. The number of carbonyl (C=O) groups is 1. The Balaban J connectivity index is 2.65. The molecular weight excluding hydrogens is 188 g/mol. The van der Waals surface area contributed by atoms with Crippen LogP contribution in [0.25, 0.3) is 0 Å². The smallest absolute Gasteiger partial charge is 0.239 e. The van der Waals surface area contributed by atoms with Crippen molar-refractivity contribution in [2.45, 2.75) is 58.0 Å². The van der Waals surface area contributed by atoms with Crippen LogP contribution >= 0.6 is 0 Å². The maximum Gasteiger partial charge on any atom is 0.239 e. The second kappa shape index (κ2) is 6.11. The molecule has 1 amide bonds. The molecule has 1 heterocycles. The van der Waals surface area contributed by atoms with Gasteiger partial charge >= 0.3 is 0 Å². The van der Waals surface area contributed by atoms with Crippen LogP contribution in [0.1, 0.15) is 46.0 Å². The van der Waals surface area contributed by atoms with Crippen molar-refractivity contribution in [1.29, 1.82) is 0 Å². The molecule has 1 saturated heterocycles. The Hall–Kier alpha value is -0.570. The standard InChI is InChI=1S/C12H24N2O/c1-4-11-8-6-5-7-9-14(11)12(15)10(2)13-3/h10-11,13H,4-9H2,1-3H3. The number of rotatable bonds is 3. The maximum absolute atomic E-state index is 12.1. The summed E-state index contributed by atoms with van der Waals surface area (Å²) < 4.78 is 0. The molecule has 3 nitrogen and oxygen atoms in total. The summed E-state index contributed by atoms with van der Waals surface area (Å²) in [7, 11) is 1.85. The van der Waals surface area contributed by atoms with E-state index in [1.165, 1.54) is 25.7 Å². The predicted molar refractivity (Wildman–Crippen MR) is 62.8 cm³/mol. The van der Waals surface area contributed by atoms with Crippen molar-refractivity contribution in [3.05, 3.63) is 0 Å². The molecule has 0 aromatic rings. The third-order valence-corrected chi connectivity index (χ3v) is 3.43.